The first-order chi connectivity index (χ1) is 8.97. The molecule has 2 aromatic carbocycles. The van der Waals surface area contributed by atoms with Gasteiger partial charge in [-0.1, -0.05) is 29.9 Å². The average Bonchev–Trinajstić information content (AvgIpc) is 2.36. The topological polar surface area (TPSA) is 35.2 Å². The predicted molar refractivity (Wildman–Crippen MR) is 78.3 cm³/mol. The van der Waals surface area contributed by atoms with Crippen molar-refractivity contribution in [3.05, 3.63) is 58.9 Å². The third kappa shape index (κ3) is 3.09. The molecule has 0 unspecified atom stereocenters. The Morgan fingerprint density at radius 1 is 1.16 bits per heavy atom. The number of thiocarbonyl (C=S) groups is 1. The van der Waals surface area contributed by atoms with Gasteiger partial charge in [-0.05, 0) is 37.6 Å². The maximum Gasteiger partial charge on any atom is 0.137 e. The van der Waals surface area contributed by atoms with Crippen LogP contribution in [-0.4, -0.2) is 4.99 Å². The van der Waals surface area contributed by atoms with Crippen LogP contribution in [0, 0.1) is 19.7 Å². The Morgan fingerprint density at radius 3 is 2.53 bits per heavy atom. The number of hydrogen-bond acceptors (Lipinski definition) is 2. The van der Waals surface area contributed by atoms with Gasteiger partial charge in [0.2, 0.25) is 0 Å². The second kappa shape index (κ2) is 5.36. The van der Waals surface area contributed by atoms with Crippen molar-refractivity contribution in [3.63, 3.8) is 0 Å². The normalized spacial score (nSPS) is 10.3. The molecule has 0 aliphatic heterocycles. The lowest BCUT2D eigenvalue weighted by Gasteiger charge is -2.11. The second-order valence-electron chi connectivity index (χ2n) is 4.38. The van der Waals surface area contributed by atoms with Gasteiger partial charge in [0, 0.05) is 6.07 Å². The van der Waals surface area contributed by atoms with Crippen molar-refractivity contribution in [2.75, 3.05) is 0 Å². The molecule has 98 valence electrons. The molecule has 4 heteroatoms. The fraction of sp³-hybridized carbons (Fsp3) is 0.133. The van der Waals surface area contributed by atoms with Crippen LogP contribution in [0.25, 0.3) is 0 Å². The van der Waals surface area contributed by atoms with E-state index in [2.05, 4.69) is 0 Å². The molecule has 0 bridgehead atoms. The highest BCUT2D eigenvalue weighted by atomic mass is 32.1. The van der Waals surface area contributed by atoms with Gasteiger partial charge in [0.05, 0.1) is 5.56 Å². The van der Waals surface area contributed by atoms with Gasteiger partial charge in [0.1, 0.15) is 22.3 Å². The highest BCUT2D eigenvalue weighted by Crippen LogP contribution is 2.27. The molecule has 0 fully saturated rings. The summed E-state index contributed by atoms with van der Waals surface area (Å²) in [4.78, 5) is 0.256. The fourth-order valence-corrected chi connectivity index (χ4v) is 1.85. The predicted octanol–water partition coefficient (Wildman–Crippen LogP) is 3.87. The van der Waals surface area contributed by atoms with E-state index in [0.717, 1.165) is 5.56 Å². The largest absolute Gasteiger partial charge is 0.457 e. The molecule has 0 saturated heterocycles. The molecule has 0 amide bonds. The van der Waals surface area contributed by atoms with E-state index in [1.54, 1.807) is 25.1 Å². The highest BCUT2D eigenvalue weighted by Gasteiger charge is 2.09. The Labute approximate surface area is 117 Å². The van der Waals surface area contributed by atoms with Gasteiger partial charge in [-0.3, -0.25) is 0 Å². The van der Waals surface area contributed by atoms with Crippen molar-refractivity contribution in [2.24, 2.45) is 5.73 Å². The van der Waals surface area contributed by atoms with Crippen molar-refractivity contribution >= 4 is 17.2 Å². The van der Waals surface area contributed by atoms with Crippen LogP contribution < -0.4 is 10.5 Å². The maximum absolute atomic E-state index is 13.5. The summed E-state index contributed by atoms with van der Waals surface area (Å²) in [5.41, 5.74) is 7.93. The molecule has 0 radical (unpaired) electrons. The Bertz CT molecular complexity index is 640. The Balaban J connectivity index is 2.37. The number of ether oxygens (including phenoxy) is 1. The molecule has 0 aliphatic rings. The molecule has 0 spiro atoms. The smallest absolute Gasteiger partial charge is 0.137 e. The molecule has 2 aromatic rings. The van der Waals surface area contributed by atoms with Crippen molar-refractivity contribution in [2.45, 2.75) is 13.8 Å². The minimum atomic E-state index is -0.304. The number of hydrogen-bond donors (Lipinski definition) is 1. The van der Waals surface area contributed by atoms with E-state index < -0.39 is 0 Å². The van der Waals surface area contributed by atoms with Crippen LogP contribution in [0.15, 0.2) is 36.4 Å². The average molecular weight is 275 g/mol. The van der Waals surface area contributed by atoms with E-state index in [9.17, 15) is 4.39 Å². The van der Waals surface area contributed by atoms with Crippen molar-refractivity contribution in [1.82, 2.24) is 0 Å². The zero-order chi connectivity index (χ0) is 14.0. The molecule has 0 atom stereocenters. The molecule has 2 nitrogen and oxygen atoms in total. The van der Waals surface area contributed by atoms with Gasteiger partial charge in [-0.2, -0.15) is 0 Å². The Morgan fingerprint density at radius 2 is 1.89 bits per heavy atom. The lowest BCUT2D eigenvalue weighted by atomic mass is 10.1. The maximum atomic E-state index is 13.5. The molecule has 0 aliphatic carbocycles. The van der Waals surface area contributed by atoms with Gasteiger partial charge < -0.3 is 10.5 Å². The van der Waals surface area contributed by atoms with Crippen molar-refractivity contribution in [1.29, 1.82) is 0 Å². The first-order valence-electron chi connectivity index (χ1n) is 5.82. The summed E-state index contributed by atoms with van der Waals surface area (Å²) in [6, 6.07) is 10.2. The van der Waals surface area contributed by atoms with E-state index in [4.69, 9.17) is 22.7 Å². The highest BCUT2D eigenvalue weighted by molar-refractivity contribution is 7.80. The van der Waals surface area contributed by atoms with Gasteiger partial charge in [-0.25, -0.2) is 4.39 Å². The van der Waals surface area contributed by atoms with Crippen LogP contribution in [0.2, 0.25) is 0 Å². The van der Waals surface area contributed by atoms with Crippen LogP contribution in [0.5, 0.6) is 11.5 Å². The summed E-state index contributed by atoms with van der Waals surface area (Å²) in [7, 11) is 0. The SMILES string of the molecule is Cc1ccc(Oc2ccc(C)c(F)c2)c(C(N)=S)c1. The zero-order valence-electron chi connectivity index (χ0n) is 10.7. The standard InChI is InChI=1S/C15H14FNOS/c1-9-3-6-14(12(7-9)15(17)19)18-11-5-4-10(2)13(16)8-11/h3-8H,1-2H3,(H2,17,19). The van der Waals surface area contributed by atoms with E-state index in [-0.39, 0.29) is 10.8 Å². The Kier molecular flexibility index (Phi) is 3.81. The third-order valence-corrected chi connectivity index (χ3v) is 2.99. The third-order valence-electron chi connectivity index (χ3n) is 2.77. The van der Waals surface area contributed by atoms with Gasteiger partial charge in [0.15, 0.2) is 0 Å². The summed E-state index contributed by atoms with van der Waals surface area (Å²) in [6.07, 6.45) is 0. The molecule has 2 N–H and O–H groups in total. The number of rotatable bonds is 3. The van der Waals surface area contributed by atoms with Gasteiger partial charge in [-0.15, -0.1) is 0 Å². The lowest BCUT2D eigenvalue weighted by molar-refractivity contribution is 0.475. The van der Waals surface area contributed by atoms with E-state index >= 15 is 0 Å². The monoisotopic (exact) mass is 275 g/mol. The van der Waals surface area contributed by atoms with Crippen LogP contribution in [-0.2, 0) is 0 Å². The fourth-order valence-electron chi connectivity index (χ4n) is 1.69. The summed E-state index contributed by atoms with van der Waals surface area (Å²) < 4.78 is 19.1. The van der Waals surface area contributed by atoms with E-state index in [0.29, 0.717) is 22.6 Å². The number of aryl methyl sites for hydroxylation is 2. The van der Waals surface area contributed by atoms with Gasteiger partial charge in [0.25, 0.3) is 0 Å². The summed E-state index contributed by atoms with van der Waals surface area (Å²) in [6.45, 7) is 3.64. The van der Waals surface area contributed by atoms with E-state index in [1.165, 1.54) is 6.07 Å². The minimum Gasteiger partial charge on any atom is -0.457 e. The summed E-state index contributed by atoms with van der Waals surface area (Å²) in [5, 5.41) is 0. The van der Waals surface area contributed by atoms with Crippen LogP contribution in [0.4, 0.5) is 4.39 Å². The first kappa shape index (κ1) is 13.5. The molecule has 0 heterocycles. The van der Waals surface area contributed by atoms with Gasteiger partial charge >= 0.3 is 0 Å². The molecule has 19 heavy (non-hydrogen) atoms. The first-order valence-corrected chi connectivity index (χ1v) is 6.22. The molecular weight excluding hydrogens is 261 g/mol. The van der Waals surface area contributed by atoms with Crippen LogP contribution in [0.3, 0.4) is 0 Å². The summed E-state index contributed by atoms with van der Waals surface area (Å²) in [5.74, 6) is 0.646. The Hall–Kier alpha value is -1.94. The minimum absolute atomic E-state index is 0.256. The molecule has 2 rings (SSSR count). The van der Waals surface area contributed by atoms with Crippen molar-refractivity contribution < 1.29 is 9.13 Å². The molecule has 0 saturated carbocycles. The van der Waals surface area contributed by atoms with Crippen LogP contribution in [0.1, 0.15) is 16.7 Å². The second-order valence-corrected chi connectivity index (χ2v) is 4.82. The number of halogens is 1. The van der Waals surface area contributed by atoms with Crippen LogP contribution >= 0.6 is 12.2 Å². The zero-order valence-corrected chi connectivity index (χ0v) is 11.6. The van der Waals surface area contributed by atoms with E-state index in [1.807, 2.05) is 19.1 Å². The van der Waals surface area contributed by atoms with Crippen molar-refractivity contribution in [3.8, 4) is 11.5 Å². The lowest BCUT2D eigenvalue weighted by Crippen LogP contribution is -2.11. The summed E-state index contributed by atoms with van der Waals surface area (Å²) >= 11 is 5.00. The number of benzene rings is 2. The molecule has 0 aromatic heterocycles. The number of nitrogens with two attached hydrogens (primary N) is 1. The quantitative estimate of drug-likeness (QED) is 0.864. The molecular formula is C15H14FNOS.